The molecular formula is C12H8ClN3OS. The van der Waals surface area contributed by atoms with Crippen LogP contribution in [0.5, 0.6) is 0 Å². The molecular weight excluding hydrogens is 270 g/mol. The van der Waals surface area contributed by atoms with Crippen molar-refractivity contribution in [2.75, 3.05) is 4.90 Å². The van der Waals surface area contributed by atoms with Gasteiger partial charge < -0.3 is 0 Å². The molecule has 1 amide bonds. The van der Waals surface area contributed by atoms with Crippen molar-refractivity contribution in [2.45, 2.75) is 16.8 Å². The number of fused-ring (bicyclic) bond motifs is 2. The number of nitrogens with zero attached hydrogens (tertiary/aromatic N) is 3. The van der Waals surface area contributed by atoms with E-state index in [9.17, 15) is 4.79 Å². The summed E-state index contributed by atoms with van der Waals surface area (Å²) in [4.78, 5) is 14.5. The molecule has 90 valence electrons. The van der Waals surface area contributed by atoms with Crippen molar-refractivity contribution in [2.24, 2.45) is 0 Å². The molecule has 0 saturated heterocycles. The largest absolute Gasteiger partial charge is 0.277 e. The number of carbonyl (C=O) groups excluding carboxylic acids is 1. The average Bonchev–Trinajstić information content (AvgIpc) is 2.35. The average molecular weight is 278 g/mol. The number of halogens is 1. The van der Waals surface area contributed by atoms with Gasteiger partial charge in [-0.05, 0) is 12.1 Å². The predicted molar refractivity (Wildman–Crippen MR) is 70.4 cm³/mol. The van der Waals surface area contributed by atoms with Gasteiger partial charge in [0, 0.05) is 17.9 Å². The van der Waals surface area contributed by atoms with Crippen LogP contribution in [-0.4, -0.2) is 16.1 Å². The zero-order valence-electron chi connectivity index (χ0n) is 9.42. The van der Waals surface area contributed by atoms with Crippen LogP contribution >= 0.6 is 23.4 Å². The lowest BCUT2D eigenvalue weighted by atomic mass is 10.2. The maximum absolute atomic E-state index is 11.9. The van der Waals surface area contributed by atoms with E-state index in [0.717, 1.165) is 10.6 Å². The highest BCUT2D eigenvalue weighted by Gasteiger charge is 2.27. The summed E-state index contributed by atoms with van der Waals surface area (Å²) in [5.74, 6) is -0.0759. The number of hydrogen-bond acceptors (Lipinski definition) is 4. The summed E-state index contributed by atoms with van der Waals surface area (Å²) >= 11 is 7.34. The van der Waals surface area contributed by atoms with E-state index in [4.69, 9.17) is 11.6 Å². The molecule has 2 aromatic rings. The van der Waals surface area contributed by atoms with Crippen molar-refractivity contribution in [1.29, 1.82) is 0 Å². The van der Waals surface area contributed by atoms with Crippen LogP contribution in [0, 0.1) is 0 Å². The molecule has 0 unspecified atom stereocenters. The maximum Gasteiger partial charge on any atom is 0.228 e. The first-order valence-electron chi connectivity index (χ1n) is 5.27. The molecule has 0 saturated carbocycles. The van der Waals surface area contributed by atoms with Gasteiger partial charge in [-0.2, -0.15) is 0 Å². The van der Waals surface area contributed by atoms with E-state index in [1.54, 1.807) is 11.0 Å². The number of rotatable bonds is 0. The highest BCUT2D eigenvalue weighted by molar-refractivity contribution is 7.99. The molecule has 0 N–H and O–H groups in total. The Balaban J connectivity index is 2.24. The number of anilines is 2. The van der Waals surface area contributed by atoms with E-state index in [1.165, 1.54) is 18.7 Å². The number of para-hydroxylation sites is 1. The van der Waals surface area contributed by atoms with E-state index in [1.807, 2.05) is 24.3 Å². The smallest absolute Gasteiger partial charge is 0.228 e. The van der Waals surface area contributed by atoms with Crippen LogP contribution in [0.1, 0.15) is 6.92 Å². The molecule has 3 rings (SSSR count). The highest BCUT2D eigenvalue weighted by atomic mass is 35.5. The fourth-order valence-corrected chi connectivity index (χ4v) is 2.98. The van der Waals surface area contributed by atoms with Crippen molar-refractivity contribution in [3.05, 3.63) is 35.5 Å². The summed E-state index contributed by atoms with van der Waals surface area (Å²) in [6.45, 7) is 1.52. The molecule has 0 fully saturated rings. The second-order valence-corrected chi connectivity index (χ2v) is 5.20. The van der Waals surface area contributed by atoms with E-state index in [2.05, 4.69) is 10.2 Å². The van der Waals surface area contributed by atoms with E-state index in [-0.39, 0.29) is 11.1 Å². The molecule has 2 heterocycles. The molecule has 1 aliphatic rings. The lowest BCUT2D eigenvalue weighted by Gasteiger charge is -2.28. The molecule has 18 heavy (non-hydrogen) atoms. The Kier molecular flexibility index (Phi) is 2.72. The Hall–Kier alpha value is -1.59. The van der Waals surface area contributed by atoms with Crippen molar-refractivity contribution in [1.82, 2.24) is 10.2 Å². The van der Waals surface area contributed by atoms with Crippen LogP contribution < -0.4 is 4.90 Å². The monoisotopic (exact) mass is 277 g/mol. The van der Waals surface area contributed by atoms with Gasteiger partial charge in [-0.25, -0.2) is 0 Å². The summed E-state index contributed by atoms with van der Waals surface area (Å²) in [6.07, 6.45) is 0. The van der Waals surface area contributed by atoms with Crippen LogP contribution in [0.15, 0.2) is 40.3 Å². The minimum atomic E-state index is -0.0759. The topological polar surface area (TPSA) is 46.1 Å². The molecule has 6 heteroatoms. The summed E-state index contributed by atoms with van der Waals surface area (Å²) in [5, 5.41) is 8.82. The molecule has 0 aliphatic carbocycles. The fraction of sp³-hybridized carbons (Fsp3) is 0.0833. The van der Waals surface area contributed by atoms with Gasteiger partial charge in [-0.3, -0.25) is 9.69 Å². The van der Waals surface area contributed by atoms with Gasteiger partial charge in [-0.15, -0.1) is 10.2 Å². The Labute approximate surface area is 113 Å². The molecule has 0 spiro atoms. The van der Waals surface area contributed by atoms with Crippen LogP contribution in [0.25, 0.3) is 0 Å². The van der Waals surface area contributed by atoms with Gasteiger partial charge >= 0.3 is 0 Å². The number of amides is 1. The fourth-order valence-electron chi connectivity index (χ4n) is 1.88. The van der Waals surface area contributed by atoms with Crippen LogP contribution in [0.3, 0.4) is 0 Å². The number of benzene rings is 1. The Bertz CT molecular complexity index is 647. The van der Waals surface area contributed by atoms with E-state index in [0.29, 0.717) is 10.7 Å². The van der Waals surface area contributed by atoms with Crippen molar-refractivity contribution in [3.63, 3.8) is 0 Å². The number of carbonyl (C=O) groups is 1. The summed E-state index contributed by atoms with van der Waals surface area (Å²) in [7, 11) is 0. The molecule has 1 aromatic carbocycles. The van der Waals surface area contributed by atoms with E-state index < -0.39 is 0 Å². The zero-order valence-corrected chi connectivity index (χ0v) is 11.0. The summed E-state index contributed by atoms with van der Waals surface area (Å²) < 4.78 is 0. The van der Waals surface area contributed by atoms with E-state index >= 15 is 0 Å². The van der Waals surface area contributed by atoms with Gasteiger partial charge in [-0.1, -0.05) is 35.5 Å². The van der Waals surface area contributed by atoms with Gasteiger partial charge in [0.1, 0.15) is 5.03 Å². The lowest BCUT2D eigenvalue weighted by molar-refractivity contribution is -0.115. The SMILES string of the molecule is CC(=O)N1c2ccccc2Sc2nnc(Cl)cc21. The quantitative estimate of drug-likeness (QED) is 0.741. The molecule has 4 nitrogen and oxygen atoms in total. The number of aromatic nitrogens is 2. The molecule has 0 atom stereocenters. The lowest BCUT2D eigenvalue weighted by Crippen LogP contribution is -2.26. The Morgan fingerprint density at radius 3 is 2.83 bits per heavy atom. The molecule has 0 radical (unpaired) electrons. The normalized spacial score (nSPS) is 12.9. The van der Waals surface area contributed by atoms with Crippen molar-refractivity contribution >= 4 is 40.6 Å². The highest BCUT2D eigenvalue weighted by Crippen LogP contribution is 2.47. The third-order valence-corrected chi connectivity index (χ3v) is 3.81. The third-order valence-electron chi connectivity index (χ3n) is 2.58. The van der Waals surface area contributed by atoms with Crippen molar-refractivity contribution in [3.8, 4) is 0 Å². The zero-order chi connectivity index (χ0) is 12.7. The Morgan fingerprint density at radius 1 is 1.28 bits per heavy atom. The molecule has 0 bridgehead atoms. The first-order chi connectivity index (χ1) is 8.66. The van der Waals surface area contributed by atoms with Gasteiger partial charge in [0.2, 0.25) is 5.91 Å². The first-order valence-corrected chi connectivity index (χ1v) is 6.47. The van der Waals surface area contributed by atoms with Crippen LogP contribution in [0.4, 0.5) is 11.4 Å². The Morgan fingerprint density at radius 2 is 2.06 bits per heavy atom. The molecule has 1 aliphatic heterocycles. The van der Waals surface area contributed by atoms with Gasteiger partial charge in [0.05, 0.1) is 11.4 Å². The first kappa shape index (κ1) is 11.5. The minimum Gasteiger partial charge on any atom is -0.277 e. The van der Waals surface area contributed by atoms with Crippen LogP contribution in [0.2, 0.25) is 5.15 Å². The summed E-state index contributed by atoms with van der Waals surface area (Å²) in [6, 6.07) is 9.35. The second kappa shape index (κ2) is 4.26. The third kappa shape index (κ3) is 1.76. The van der Waals surface area contributed by atoms with Gasteiger partial charge in [0.15, 0.2) is 5.15 Å². The van der Waals surface area contributed by atoms with Gasteiger partial charge in [0.25, 0.3) is 0 Å². The summed E-state index contributed by atoms with van der Waals surface area (Å²) in [5.41, 5.74) is 1.54. The maximum atomic E-state index is 11.9. The van der Waals surface area contributed by atoms with Crippen LogP contribution in [-0.2, 0) is 4.79 Å². The standard InChI is InChI=1S/C12H8ClN3OS/c1-7(17)16-8-4-2-3-5-10(8)18-12-9(16)6-11(13)14-15-12/h2-6H,1H3. The second-order valence-electron chi connectivity index (χ2n) is 3.78. The molecule has 1 aromatic heterocycles. The number of hydrogen-bond donors (Lipinski definition) is 0. The minimum absolute atomic E-state index is 0.0759. The van der Waals surface area contributed by atoms with Crippen molar-refractivity contribution < 1.29 is 4.79 Å². The predicted octanol–water partition coefficient (Wildman–Crippen LogP) is 3.28.